The molecular formula is C12H25N3OS. The maximum Gasteiger partial charge on any atom is 0.229 e. The molecule has 0 rings (SSSR count). The Morgan fingerprint density at radius 2 is 2.00 bits per heavy atom. The first-order valence-corrected chi connectivity index (χ1v) is 6.37. The zero-order valence-corrected chi connectivity index (χ0v) is 12.4. The highest BCUT2D eigenvalue weighted by Crippen LogP contribution is 2.10. The number of carbonyl (C=O) groups excluding carboxylic acids is 1. The molecule has 0 aliphatic carbocycles. The molecule has 1 atom stereocenters. The van der Waals surface area contributed by atoms with Crippen molar-refractivity contribution in [2.24, 2.45) is 11.7 Å². The summed E-state index contributed by atoms with van der Waals surface area (Å²) in [6, 6.07) is 0. The van der Waals surface area contributed by atoms with Crippen molar-refractivity contribution >= 4 is 23.1 Å². The van der Waals surface area contributed by atoms with E-state index in [-0.39, 0.29) is 22.4 Å². The number of rotatable bonds is 7. The first-order valence-electron chi connectivity index (χ1n) is 5.96. The highest BCUT2D eigenvalue weighted by molar-refractivity contribution is 7.80. The highest BCUT2D eigenvalue weighted by Gasteiger charge is 2.25. The molecule has 0 saturated carbocycles. The Bertz CT molecular complexity index is 277. The minimum Gasteiger partial charge on any atom is -0.393 e. The van der Waals surface area contributed by atoms with Gasteiger partial charge in [0.2, 0.25) is 5.91 Å². The Hall–Kier alpha value is -0.680. The van der Waals surface area contributed by atoms with Crippen molar-refractivity contribution in [1.82, 2.24) is 10.2 Å². The lowest BCUT2D eigenvalue weighted by atomic mass is 10.0. The fourth-order valence-electron chi connectivity index (χ4n) is 1.28. The normalized spacial score (nSPS) is 13.5. The first-order chi connectivity index (χ1) is 7.72. The summed E-state index contributed by atoms with van der Waals surface area (Å²) in [5.41, 5.74) is 5.50. The quantitative estimate of drug-likeness (QED) is 0.673. The molecule has 0 heterocycles. The summed E-state index contributed by atoms with van der Waals surface area (Å²) in [6.45, 7) is 6.75. The Morgan fingerprint density at radius 3 is 2.35 bits per heavy atom. The second kappa shape index (κ2) is 6.91. The second-order valence-corrected chi connectivity index (χ2v) is 5.64. The number of amides is 1. The van der Waals surface area contributed by atoms with E-state index >= 15 is 0 Å². The number of nitrogens with zero attached hydrogens (tertiary/aromatic N) is 1. The fourth-order valence-corrected chi connectivity index (χ4v) is 1.50. The highest BCUT2D eigenvalue weighted by atomic mass is 32.1. The van der Waals surface area contributed by atoms with E-state index in [1.54, 1.807) is 0 Å². The molecular weight excluding hydrogens is 234 g/mol. The van der Waals surface area contributed by atoms with Gasteiger partial charge in [0, 0.05) is 12.1 Å². The molecule has 0 fully saturated rings. The predicted molar refractivity (Wildman–Crippen MR) is 76.0 cm³/mol. The topological polar surface area (TPSA) is 58.4 Å². The predicted octanol–water partition coefficient (Wildman–Crippen LogP) is 1.15. The monoisotopic (exact) mass is 259 g/mol. The molecule has 0 aliphatic rings. The standard InChI is InChI=1S/C12H25N3OS/c1-6-7-9(10(13)17)11(16)14-8-12(2,3)15(4)5/h9H,6-8H2,1-5H3,(H2,13,17)(H,14,16). The van der Waals surface area contributed by atoms with Gasteiger partial charge in [0.1, 0.15) is 0 Å². The Morgan fingerprint density at radius 1 is 1.47 bits per heavy atom. The van der Waals surface area contributed by atoms with Crippen molar-refractivity contribution in [2.45, 2.75) is 39.2 Å². The van der Waals surface area contributed by atoms with Gasteiger partial charge in [-0.1, -0.05) is 25.6 Å². The van der Waals surface area contributed by atoms with Crippen LogP contribution in [0.15, 0.2) is 0 Å². The van der Waals surface area contributed by atoms with Crippen molar-refractivity contribution in [2.75, 3.05) is 20.6 Å². The van der Waals surface area contributed by atoms with E-state index in [0.29, 0.717) is 13.0 Å². The van der Waals surface area contributed by atoms with Gasteiger partial charge in [0.25, 0.3) is 0 Å². The van der Waals surface area contributed by atoms with Crippen molar-refractivity contribution in [3.05, 3.63) is 0 Å². The maximum absolute atomic E-state index is 11.9. The summed E-state index contributed by atoms with van der Waals surface area (Å²) in [5, 5.41) is 2.92. The van der Waals surface area contributed by atoms with Crippen molar-refractivity contribution in [3.63, 3.8) is 0 Å². The number of hydrogen-bond acceptors (Lipinski definition) is 3. The van der Waals surface area contributed by atoms with Gasteiger partial charge in [-0.2, -0.15) is 0 Å². The molecule has 1 amide bonds. The smallest absolute Gasteiger partial charge is 0.229 e. The average Bonchev–Trinajstić information content (AvgIpc) is 2.22. The van der Waals surface area contributed by atoms with Crippen LogP contribution in [0.2, 0.25) is 0 Å². The molecule has 5 heteroatoms. The molecule has 17 heavy (non-hydrogen) atoms. The lowest BCUT2D eigenvalue weighted by molar-refractivity contribution is -0.123. The number of nitrogens with one attached hydrogen (secondary N) is 1. The zero-order valence-electron chi connectivity index (χ0n) is 11.5. The van der Waals surface area contributed by atoms with Crippen LogP contribution in [0, 0.1) is 5.92 Å². The molecule has 1 unspecified atom stereocenters. The summed E-state index contributed by atoms with van der Waals surface area (Å²) in [5.74, 6) is -0.401. The average molecular weight is 259 g/mol. The molecule has 3 N–H and O–H groups in total. The van der Waals surface area contributed by atoms with Gasteiger partial charge in [0.05, 0.1) is 10.9 Å². The first kappa shape index (κ1) is 16.3. The third kappa shape index (κ3) is 5.46. The van der Waals surface area contributed by atoms with E-state index in [1.807, 2.05) is 21.0 Å². The van der Waals surface area contributed by atoms with Crippen LogP contribution in [0.4, 0.5) is 0 Å². The molecule has 0 aromatic carbocycles. The van der Waals surface area contributed by atoms with E-state index in [2.05, 4.69) is 24.1 Å². The molecule has 4 nitrogen and oxygen atoms in total. The van der Waals surface area contributed by atoms with Gasteiger partial charge in [-0.3, -0.25) is 4.79 Å². The van der Waals surface area contributed by atoms with E-state index < -0.39 is 0 Å². The Kier molecular flexibility index (Phi) is 6.64. The number of thiocarbonyl (C=S) groups is 1. The van der Waals surface area contributed by atoms with E-state index in [1.165, 1.54) is 0 Å². The van der Waals surface area contributed by atoms with Crippen LogP contribution < -0.4 is 11.1 Å². The van der Waals surface area contributed by atoms with Gasteiger partial charge in [-0.25, -0.2) is 0 Å². The van der Waals surface area contributed by atoms with Crippen LogP contribution in [0.25, 0.3) is 0 Å². The second-order valence-electron chi connectivity index (χ2n) is 5.17. The molecule has 0 spiro atoms. The summed E-state index contributed by atoms with van der Waals surface area (Å²) in [7, 11) is 3.98. The molecule has 0 saturated heterocycles. The van der Waals surface area contributed by atoms with Gasteiger partial charge in [-0.15, -0.1) is 0 Å². The summed E-state index contributed by atoms with van der Waals surface area (Å²) < 4.78 is 0. The maximum atomic E-state index is 11.9. The number of nitrogens with two attached hydrogens (primary N) is 1. The molecule has 0 bridgehead atoms. The molecule has 0 aromatic rings. The van der Waals surface area contributed by atoms with Gasteiger partial charge in [0.15, 0.2) is 0 Å². The lowest BCUT2D eigenvalue weighted by Crippen LogP contribution is -2.50. The third-order valence-corrected chi connectivity index (χ3v) is 3.43. The lowest BCUT2D eigenvalue weighted by Gasteiger charge is -2.33. The number of carbonyl (C=O) groups is 1. The van der Waals surface area contributed by atoms with Gasteiger partial charge in [-0.05, 0) is 34.4 Å². The van der Waals surface area contributed by atoms with Crippen LogP contribution in [0.5, 0.6) is 0 Å². The minimum absolute atomic E-state index is 0.0609. The molecule has 0 aromatic heterocycles. The summed E-state index contributed by atoms with van der Waals surface area (Å²) in [4.78, 5) is 14.3. The molecule has 100 valence electrons. The molecule has 0 radical (unpaired) electrons. The third-order valence-electron chi connectivity index (χ3n) is 3.14. The van der Waals surface area contributed by atoms with E-state index in [0.717, 1.165) is 6.42 Å². The van der Waals surface area contributed by atoms with E-state index in [4.69, 9.17) is 18.0 Å². The summed E-state index contributed by atoms with van der Waals surface area (Å²) in [6.07, 6.45) is 1.61. The zero-order chi connectivity index (χ0) is 13.6. The number of hydrogen-bond donors (Lipinski definition) is 2. The van der Waals surface area contributed by atoms with Crippen LogP contribution >= 0.6 is 12.2 Å². The van der Waals surface area contributed by atoms with Crippen LogP contribution in [0.3, 0.4) is 0 Å². The number of likely N-dealkylation sites (N-methyl/N-ethyl adjacent to an activating group) is 1. The summed E-state index contributed by atoms with van der Waals surface area (Å²) >= 11 is 4.92. The van der Waals surface area contributed by atoms with E-state index in [9.17, 15) is 4.79 Å². The van der Waals surface area contributed by atoms with Crippen molar-refractivity contribution < 1.29 is 4.79 Å². The SMILES string of the molecule is CCCC(C(=O)NCC(C)(C)N(C)C)C(N)=S. The van der Waals surface area contributed by atoms with Gasteiger partial charge < -0.3 is 16.0 Å². The Balaban J connectivity index is 4.38. The minimum atomic E-state index is -0.340. The molecule has 0 aliphatic heterocycles. The largest absolute Gasteiger partial charge is 0.393 e. The van der Waals surface area contributed by atoms with Crippen LogP contribution in [0.1, 0.15) is 33.6 Å². The Labute approximate surface area is 110 Å². The van der Waals surface area contributed by atoms with Gasteiger partial charge >= 0.3 is 0 Å². The van der Waals surface area contributed by atoms with Crippen molar-refractivity contribution in [1.29, 1.82) is 0 Å². The van der Waals surface area contributed by atoms with Crippen LogP contribution in [-0.4, -0.2) is 42.0 Å². The van der Waals surface area contributed by atoms with Crippen LogP contribution in [-0.2, 0) is 4.79 Å². The fraction of sp³-hybridized carbons (Fsp3) is 0.833. The van der Waals surface area contributed by atoms with Crippen molar-refractivity contribution in [3.8, 4) is 0 Å².